The Bertz CT molecular complexity index is 1060. The average molecular weight is 389 g/mol. The maximum atomic E-state index is 12.6. The summed E-state index contributed by atoms with van der Waals surface area (Å²) in [6, 6.07) is 15.6. The third kappa shape index (κ3) is 4.15. The molecule has 0 aliphatic heterocycles. The van der Waals surface area contributed by atoms with Gasteiger partial charge in [0.15, 0.2) is 0 Å². The van der Waals surface area contributed by atoms with Crippen LogP contribution in [0.25, 0.3) is 16.4 Å². The first-order chi connectivity index (χ1) is 13.7. The highest BCUT2D eigenvalue weighted by atomic mass is 32.1. The lowest BCUT2D eigenvalue weighted by Crippen LogP contribution is -2.27. The van der Waals surface area contributed by atoms with Crippen LogP contribution in [0.15, 0.2) is 72.5 Å². The van der Waals surface area contributed by atoms with Gasteiger partial charge in [-0.25, -0.2) is 9.67 Å². The topological polar surface area (TPSA) is 63.9 Å². The lowest BCUT2D eigenvalue weighted by molar-refractivity contribution is -0.129. The van der Waals surface area contributed by atoms with Gasteiger partial charge < -0.3 is 4.90 Å². The predicted octanol–water partition coefficient (Wildman–Crippen LogP) is 3.59. The molecule has 140 valence electrons. The van der Waals surface area contributed by atoms with E-state index in [2.05, 4.69) is 15.1 Å². The summed E-state index contributed by atoms with van der Waals surface area (Å²) in [5.74, 6) is 0.0188. The molecule has 28 heavy (non-hydrogen) atoms. The Morgan fingerprint density at radius 2 is 1.96 bits per heavy atom. The number of thiazole rings is 1. The largest absolute Gasteiger partial charge is 0.341 e. The number of rotatable bonds is 6. The van der Waals surface area contributed by atoms with Gasteiger partial charge in [-0.15, -0.1) is 11.3 Å². The van der Waals surface area contributed by atoms with Crippen LogP contribution < -0.4 is 0 Å². The van der Waals surface area contributed by atoms with Crippen molar-refractivity contribution in [3.05, 3.63) is 83.8 Å². The van der Waals surface area contributed by atoms with Crippen LogP contribution in [0.2, 0.25) is 0 Å². The van der Waals surface area contributed by atoms with Crippen LogP contribution in [0, 0.1) is 0 Å². The molecule has 4 rings (SSSR count). The van der Waals surface area contributed by atoms with Gasteiger partial charge in [0.25, 0.3) is 0 Å². The van der Waals surface area contributed by atoms with Crippen molar-refractivity contribution in [3.8, 4) is 16.4 Å². The van der Waals surface area contributed by atoms with E-state index in [1.807, 2.05) is 64.8 Å². The normalized spacial score (nSPS) is 10.8. The minimum Gasteiger partial charge on any atom is -0.341 e. The number of benzene rings is 1. The predicted molar refractivity (Wildman–Crippen MR) is 109 cm³/mol. The third-order valence-electron chi connectivity index (χ3n) is 4.27. The van der Waals surface area contributed by atoms with Gasteiger partial charge >= 0.3 is 0 Å². The van der Waals surface area contributed by atoms with Crippen LogP contribution in [0.4, 0.5) is 0 Å². The summed E-state index contributed by atoms with van der Waals surface area (Å²) < 4.78 is 1.81. The fraction of sp³-hybridized carbons (Fsp3) is 0.143. The Balaban J connectivity index is 1.38. The van der Waals surface area contributed by atoms with Crippen LogP contribution in [0.1, 0.15) is 11.3 Å². The van der Waals surface area contributed by atoms with E-state index in [4.69, 9.17) is 0 Å². The van der Waals surface area contributed by atoms with Gasteiger partial charge in [-0.1, -0.05) is 24.3 Å². The van der Waals surface area contributed by atoms with Crippen LogP contribution >= 0.6 is 11.3 Å². The minimum atomic E-state index is 0.0188. The van der Waals surface area contributed by atoms with E-state index >= 15 is 0 Å². The molecule has 7 heteroatoms. The molecule has 4 aromatic rings. The van der Waals surface area contributed by atoms with Crippen LogP contribution in [0.3, 0.4) is 0 Å². The highest BCUT2D eigenvalue weighted by Gasteiger charge is 2.14. The minimum absolute atomic E-state index is 0.0188. The first-order valence-corrected chi connectivity index (χ1v) is 9.76. The highest BCUT2D eigenvalue weighted by molar-refractivity contribution is 7.13. The molecular formula is C21H19N5OS. The van der Waals surface area contributed by atoms with Gasteiger partial charge in [0.1, 0.15) is 5.01 Å². The Kier molecular flexibility index (Phi) is 5.25. The van der Waals surface area contributed by atoms with E-state index in [1.165, 1.54) is 11.3 Å². The van der Waals surface area contributed by atoms with Crippen molar-refractivity contribution in [3.63, 3.8) is 0 Å². The van der Waals surface area contributed by atoms with Gasteiger partial charge in [0, 0.05) is 36.9 Å². The number of carbonyl (C=O) groups excluding carboxylic acids is 1. The maximum Gasteiger partial charge on any atom is 0.228 e. The Hall–Kier alpha value is -3.32. The second-order valence-corrected chi connectivity index (χ2v) is 7.27. The fourth-order valence-corrected chi connectivity index (χ4v) is 3.61. The number of pyridine rings is 1. The molecule has 0 fully saturated rings. The lowest BCUT2D eigenvalue weighted by atomic mass is 10.2. The van der Waals surface area contributed by atoms with E-state index in [-0.39, 0.29) is 12.3 Å². The van der Waals surface area contributed by atoms with E-state index in [0.717, 1.165) is 27.6 Å². The van der Waals surface area contributed by atoms with Crippen molar-refractivity contribution in [2.24, 2.45) is 0 Å². The Morgan fingerprint density at radius 3 is 2.75 bits per heavy atom. The second kappa shape index (κ2) is 8.14. The van der Waals surface area contributed by atoms with Crippen molar-refractivity contribution in [1.82, 2.24) is 24.6 Å². The molecule has 6 nitrogen and oxygen atoms in total. The van der Waals surface area contributed by atoms with Crippen molar-refractivity contribution in [2.45, 2.75) is 13.0 Å². The summed E-state index contributed by atoms with van der Waals surface area (Å²) in [6.45, 7) is 0.503. The SMILES string of the molecule is CN(Cc1cnn(-c2ccccc2)c1)C(=O)Cc1csc(-c2ccccn2)n1. The van der Waals surface area contributed by atoms with Gasteiger partial charge in [0.05, 0.1) is 29.7 Å². The van der Waals surface area contributed by atoms with Crippen molar-refractivity contribution >= 4 is 17.2 Å². The number of amides is 1. The maximum absolute atomic E-state index is 12.6. The van der Waals surface area contributed by atoms with Crippen LogP contribution in [-0.2, 0) is 17.8 Å². The average Bonchev–Trinajstić information content (AvgIpc) is 3.39. The summed E-state index contributed by atoms with van der Waals surface area (Å²) in [5, 5.41) is 7.13. The molecule has 0 atom stereocenters. The summed E-state index contributed by atoms with van der Waals surface area (Å²) in [4.78, 5) is 23.1. The summed E-state index contributed by atoms with van der Waals surface area (Å²) >= 11 is 1.50. The first kappa shape index (κ1) is 18.1. The summed E-state index contributed by atoms with van der Waals surface area (Å²) in [7, 11) is 1.80. The number of carbonyl (C=O) groups is 1. The molecule has 3 aromatic heterocycles. The number of likely N-dealkylation sites (N-methyl/N-ethyl adjacent to an activating group) is 1. The molecule has 0 radical (unpaired) electrons. The second-order valence-electron chi connectivity index (χ2n) is 6.41. The number of para-hydroxylation sites is 1. The van der Waals surface area contributed by atoms with Crippen molar-refractivity contribution in [2.75, 3.05) is 7.05 Å². The van der Waals surface area contributed by atoms with Crippen molar-refractivity contribution in [1.29, 1.82) is 0 Å². The number of nitrogens with zero attached hydrogens (tertiary/aromatic N) is 5. The lowest BCUT2D eigenvalue weighted by Gasteiger charge is -2.15. The Morgan fingerprint density at radius 1 is 1.14 bits per heavy atom. The number of aromatic nitrogens is 4. The Labute approximate surface area is 167 Å². The molecule has 0 saturated carbocycles. The third-order valence-corrected chi connectivity index (χ3v) is 5.18. The zero-order valence-corrected chi connectivity index (χ0v) is 16.2. The van der Waals surface area contributed by atoms with Gasteiger partial charge in [-0.2, -0.15) is 5.10 Å². The molecule has 1 amide bonds. The first-order valence-electron chi connectivity index (χ1n) is 8.88. The van der Waals surface area contributed by atoms with E-state index in [0.29, 0.717) is 6.54 Å². The molecule has 0 N–H and O–H groups in total. The van der Waals surface area contributed by atoms with Crippen LogP contribution in [-0.4, -0.2) is 37.6 Å². The molecule has 3 heterocycles. The molecule has 0 aliphatic rings. The molecule has 0 aliphatic carbocycles. The number of hydrogen-bond acceptors (Lipinski definition) is 5. The zero-order valence-electron chi connectivity index (χ0n) is 15.4. The zero-order chi connectivity index (χ0) is 19.3. The number of hydrogen-bond donors (Lipinski definition) is 0. The molecule has 0 saturated heterocycles. The van der Waals surface area contributed by atoms with Gasteiger partial charge in [0.2, 0.25) is 5.91 Å². The van der Waals surface area contributed by atoms with E-state index < -0.39 is 0 Å². The fourth-order valence-electron chi connectivity index (χ4n) is 2.81. The van der Waals surface area contributed by atoms with Crippen LogP contribution in [0.5, 0.6) is 0 Å². The quantitative estimate of drug-likeness (QED) is 0.506. The highest BCUT2D eigenvalue weighted by Crippen LogP contribution is 2.21. The summed E-state index contributed by atoms with van der Waals surface area (Å²) in [6.07, 6.45) is 5.75. The standard InChI is InChI=1S/C21H19N5OS/c1-25(13-16-12-23-26(14-16)18-7-3-2-4-8-18)20(27)11-17-15-28-21(24-17)19-9-5-6-10-22-19/h2-10,12,14-15H,11,13H2,1H3. The smallest absolute Gasteiger partial charge is 0.228 e. The van der Waals surface area contributed by atoms with Gasteiger partial charge in [-0.05, 0) is 24.3 Å². The molecule has 0 spiro atoms. The molecular weight excluding hydrogens is 370 g/mol. The molecule has 0 bridgehead atoms. The van der Waals surface area contributed by atoms with Crippen molar-refractivity contribution < 1.29 is 4.79 Å². The summed E-state index contributed by atoms with van der Waals surface area (Å²) in [5.41, 5.74) is 3.56. The van der Waals surface area contributed by atoms with E-state index in [1.54, 1.807) is 24.3 Å². The van der Waals surface area contributed by atoms with Gasteiger partial charge in [-0.3, -0.25) is 9.78 Å². The monoisotopic (exact) mass is 389 g/mol. The molecule has 1 aromatic carbocycles. The molecule has 0 unspecified atom stereocenters. The van der Waals surface area contributed by atoms with E-state index in [9.17, 15) is 4.79 Å².